The summed E-state index contributed by atoms with van der Waals surface area (Å²) in [5.74, 6) is 0.227. The molecule has 0 aromatic heterocycles. The molecule has 0 heterocycles. The van der Waals surface area contributed by atoms with Crippen LogP contribution in [0.2, 0.25) is 10.0 Å². The van der Waals surface area contributed by atoms with Gasteiger partial charge in [-0.1, -0.05) is 35.7 Å². The highest BCUT2D eigenvalue weighted by atomic mass is 35.5. The molecule has 1 aromatic carbocycles. The molecule has 2 rings (SSSR count). The summed E-state index contributed by atoms with van der Waals surface area (Å²) in [6.45, 7) is 0.452. The normalized spacial score (nSPS) is 17.6. The quantitative estimate of drug-likeness (QED) is 0.914. The molecular weight excluding hydrogens is 257 g/mol. The third-order valence-corrected chi connectivity index (χ3v) is 4.38. The minimum absolute atomic E-state index is 0.227. The Balaban J connectivity index is 2.10. The van der Waals surface area contributed by atoms with Gasteiger partial charge in [0.2, 0.25) is 0 Å². The van der Waals surface area contributed by atoms with Crippen LogP contribution in [0.15, 0.2) is 18.2 Å². The second-order valence-electron chi connectivity index (χ2n) is 4.69. The van der Waals surface area contributed by atoms with Crippen LogP contribution in [-0.4, -0.2) is 12.3 Å². The van der Waals surface area contributed by atoms with Crippen molar-refractivity contribution in [3.8, 4) is 0 Å². The molecule has 1 aromatic rings. The maximum absolute atomic E-state index is 12.2. The van der Waals surface area contributed by atoms with Crippen LogP contribution < -0.4 is 5.73 Å². The number of hydrogen-bond donors (Lipinski definition) is 1. The summed E-state index contributed by atoms with van der Waals surface area (Å²) in [5.41, 5.74) is 6.34. The van der Waals surface area contributed by atoms with Gasteiger partial charge in [-0.05, 0) is 30.5 Å². The predicted molar refractivity (Wildman–Crippen MR) is 70.5 cm³/mol. The smallest absolute Gasteiger partial charge is 0.144 e. The number of Topliss-reactive ketones (excluding diaryl/α,β-unsaturated/α-hetero) is 1. The Bertz CT molecular complexity index is 436. The van der Waals surface area contributed by atoms with Crippen LogP contribution >= 0.6 is 23.2 Å². The lowest BCUT2D eigenvalue weighted by Gasteiger charge is -2.39. The number of hydrogen-bond acceptors (Lipinski definition) is 2. The van der Waals surface area contributed by atoms with Gasteiger partial charge in [0.1, 0.15) is 5.78 Å². The van der Waals surface area contributed by atoms with Gasteiger partial charge in [0.05, 0.1) is 10.0 Å². The van der Waals surface area contributed by atoms with Crippen LogP contribution in [-0.2, 0) is 11.2 Å². The summed E-state index contributed by atoms with van der Waals surface area (Å²) in [5, 5.41) is 1.01. The summed E-state index contributed by atoms with van der Waals surface area (Å²) < 4.78 is 0. The maximum Gasteiger partial charge on any atom is 0.144 e. The maximum atomic E-state index is 12.2. The zero-order valence-electron chi connectivity index (χ0n) is 9.51. The predicted octanol–water partition coefficient (Wildman–Crippen LogP) is 3.23. The molecule has 4 heteroatoms. The first kappa shape index (κ1) is 12.9. The van der Waals surface area contributed by atoms with Crippen LogP contribution in [0.25, 0.3) is 0 Å². The van der Waals surface area contributed by atoms with E-state index in [1.165, 1.54) is 0 Å². The van der Waals surface area contributed by atoms with Crippen molar-refractivity contribution in [1.29, 1.82) is 0 Å². The van der Waals surface area contributed by atoms with Crippen molar-refractivity contribution >= 4 is 29.0 Å². The van der Waals surface area contributed by atoms with Gasteiger partial charge in [0.25, 0.3) is 0 Å². The summed E-state index contributed by atoms with van der Waals surface area (Å²) >= 11 is 11.8. The van der Waals surface area contributed by atoms with Gasteiger partial charge < -0.3 is 5.73 Å². The highest BCUT2D eigenvalue weighted by Crippen LogP contribution is 2.41. The van der Waals surface area contributed by atoms with Crippen LogP contribution in [0.4, 0.5) is 0 Å². The molecule has 2 nitrogen and oxygen atoms in total. The number of carbonyl (C=O) groups is 1. The zero-order valence-corrected chi connectivity index (χ0v) is 11.0. The molecular formula is C13H15Cl2NO. The first-order chi connectivity index (χ1) is 8.07. The van der Waals surface area contributed by atoms with Crippen LogP contribution in [0.1, 0.15) is 24.8 Å². The lowest BCUT2D eigenvalue weighted by atomic mass is 9.65. The fourth-order valence-electron chi connectivity index (χ4n) is 2.22. The van der Waals surface area contributed by atoms with Gasteiger partial charge in [-0.15, -0.1) is 0 Å². The van der Waals surface area contributed by atoms with Crippen molar-refractivity contribution in [2.24, 2.45) is 11.1 Å². The molecule has 0 spiro atoms. The SMILES string of the molecule is NCC1(C(=O)Cc2ccc(Cl)c(Cl)c2)CCC1. The molecule has 0 aliphatic heterocycles. The monoisotopic (exact) mass is 271 g/mol. The summed E-state index contributed by atoms with van der Waals surface area (Å²) in [4.78, 5) is 12.2. The van der Waals surface area contributed by atoms with Crippen molar-refractivity contribution in [1.82, 2.24) is 0 Å². The van der Waals surface area contributed by atoms with Crippen LogP contribution in [0, 0.1) is 5.41 Å². The van der Waals surface area contributed by atoms with Gasteiger partial charge in [-0.25, -0.2) is 0 Å². The number of benzene rings is 1. The minimum atomic E-state index is -0.272. The Morgan fingerprint density at radius 1 is 1.29 bits per heavy atom. The van der Waals surface area contributed by atoms with E-state index in [-0.39, 0.29) is 11.2 Å². The third kappa shape index (κ3) is 2.49. The molecule has 0 amide bonds. The zero-order chi connectivity index (χ0) is 12.5. The molecule has 1 fully saturated rings. The second-order valence-corrected chi connectivity index (χ2v) is 5.50. The van der Waals surface area contributed by atoms with Gasteiger partial charge >= 0.3 is 0 Å². The fraction of sp³-hybridized carbons (Fsp3) is 0.462. The molecule has 0 radical (unpaired) electrons. The molecule has 92 valence electrons. The number of carbonyl (C=O) groups excluding carboxylic acids is 1. The number of halogens is 2. The number of rotatable bonds is 4. The average molecular weight is 272 g/mol. The van der Waals surface area contributed by atoms with Crippen molar-refractivity contribution in [2.45, 2.75) is 25.7 Å². The molecule has 1 saturated carbocycles. The molecule has 0 bridgehead atoms. The lowest BCUT2D eigenvalue weighted by Crippen LogP contribution is -2.45. The fourth-order valence-corrected chi connectivity index (χ4v) is 2.54. The van der Waals surface area contributed by atoms with E-state index in [4.69, 9.17) is 28.9 Å². The minimum Gasteiger partial charge on any atom is -0.329 e. The van der Waals surface area contributed by atoms with Crippen LogP contribution in [0.5, 0.6) is 0 Å². The van der Waals surface area contributed by atoms with E-state index < -0.39 is 0 Å². The lowest BCUT2D eigenvalue weighted by molar-refractivity contribution is -0.132. The van der Waals surface area contributed by atoms with Gasteiger partial charge in [-0.3, -0.25) is 4.79 Å². The summed E-state index contributed by atoms with van der Waals surface area (Å²) in [6, 6.07) is 5.32. The van der Waals surface area contributed by atoms with Gasteiger partial charge in [0, 0.05) is 18.4 Å². The summed E-state index contributed by atoms with van der Waals surface area (Å²) in [6.07, 6.45) is 3.34. The molecule has 0 atom stereocenters. The Labute approximate surface area is 111 Å². The largest absolute Gasteiger partial charge is 0.329 e. The molecule has 2 N–H and O–H groups in total. The molecule has 1 aliphatic carbocycles. The Hall–Kier alpha value is -0.570. The van der Waals surface area contributed by atoms with Crippen molar-refractivity contribution in [3.63, 3.8) is 0 Å². The molecule has 0 unspecified atom stereocenters. The van der Waals surface area contributed by atoms with Crippen LogP contribution in [0.3, 0.4) is 0 Å². The molecule has 0 saturated heterocycles. The molecule has 17 heavy (non-hydrogen) atoms. The van der Waals surface area contributed by atoms with E-state index >= 15 is 0 Å². The standard InChI is InChI=1S/C13H15Cl2NO/c14-10-3-2-9(6-11(10)15)7-12(17)13(8-16)4-1-5-13/h2-3,6H,1,4-5,7-8,16H2. The first-order valence-electron chi connectivity index (χ1n) is 5.75. The number of ketones is 1. The van der Waals surface area contributed by atoms with E-state index in [2.05, 4.69) is 0 Å². The topological polar surface area (TPSA) is 43.1 Å². The third-order valence-electron chi connectivity index (χ3n) is 3.64. The molecule has 1 aliphatic rings. The first-order valence-corrected chi connectivity index (χ1v) is 6.50. The Kier molecular flexibility index (Phi) is 3.76. The van der Waals surface area contributed by atoms with Crippen molar-refractivity contribution in [3.05, 3.63) is 33.8 Å². The van der Waals surface area contributed by atoms with Gasteiger partial charge in [-0.2, -0.15) is 0 Å². The van der Waals surface area contributed by atoms with E-state index in [0.717, 1.165) is 24.8 Å². The van der Waals surface area contributed by atoms with Crippen molar-refractivity contribution in [2.75, 3.05) is 6.54 Å². The van der Waals surface area contributed by atoms with E-state index in [1.807, 2.05) is 6.07 Å². The highest BCUT2D eigenvalue weighted by molar-refractivity contribution is 6.42. The van der Waals surface area contributed by atoms with E-state index in [9.17, 15) is 4.79 Å². The van der Waals surface area contributed by atoms with Gasteiger partial charge in [0.15, 0.2) is 0 Å². The Morgan fingerprint density at radius 3 is 2.47 bits per heavy atom. The average Bonchev–Trinajstić information content (AvgIpc) is 2.23. The highest BCUT2D eigenvalue weighted by Gasteiger charge is 2.41. The van der Waals surface area contributed by atoms with E-state index in [0.29, 0.717) is 23.0 Å². The summed E-state index contributed by atoms with van der Waals surface area (Å²) in [7, 11) is 0. The number of nitrogens with two attached hydrogens (primary N) is 1. The Morgan fingerprint density at radius 2 is 2.00 bits per heavy atom. The van der Waals surface area contributed by atoms with Crippen molar-refractivity contribution < 1.29 is 4.79 Å². The second kappa shape index (κ2) is 4.97. The van der Waals surface area contributed by atoms with E-state index in [1.54, 1.807) is 12.1 Å².